The molecule has 0 aromatic heterocycles. The predicted octanol–water partition coefficient (Wildman–Crippen LogP) is 9.24. The van der Waals surface area contributed by atoms with E-state index in [4.69, 9.17) is 23.2 Å². The van der Waals surface area contributed by atoms with Crippen LogP contribution in [0.25, 0.3) is 0 Å². The van der Waals surface area contributed by atoms with Crippen LogP contribution in [0, 0.1) is 0 Å². The lowest BCUT2D eigenvalue weighted by Crippen LogP contribution is -2.06. The smallest absolute Gasteiger partial charge is 0.0580 e. The molecule has 0 unspecified atom stereocenters. The van der Waals surface area contributed by atoms with Gasteiger partial charge < -0.3 is 0 Å². The largest absolute Gasteiger partial charge is 0.0869 e. The van der Waals surface area contributed by atoms with Crippen LogP contribution in [-0.2, 0) is 0 Å². The summed E-state index contributed by atoms with van der Waals surface area (Å²) in [6.45, 7) is 0. The van der Waals surface area contributed by atoms with Gasteiger partial charge in [0.05, 0.1) is 10.0 Å². The molecule has 2 aliphatic carbocycles. The van der Waals surface area contributed by atoms with Crippen LogP contribution >= 0.6 is 35.0 Å². The summed E-state index contributed by atoms with van der Waals surface area (Å²) in [5.41, 5.74) is 2.67. The van der Waals surface area contributed by atoms with Gasteiger partial charge in [-0.15, -0.1) is 0 Å². The van der Waals surface area contributed by atoms with E-state index in [0.29, 0.717) is 11.8 Å². The Morgan fingerprint density at radius 1 is 0.593 bits per heavy atom. The maximum absolute atomic E-state index is 6.87. The fourth-order valence-electron chi connectivity index (χ4n) is 4.79. The van der Waals surface area contributed by atoms with Gasteiger partial charge in [0.15, 0.2) is 0 Å². The third-order valence-corrected chi connectivity index (χ3v) is 8.48. The lowest BCUT2D eigenvalue weighted by Gasteiger charge is -2.25. The number of hydrogen-bond donors (Lipinski definition) is 0. The van der Waals surface area contributed by atoms with E-state index in [2.05, 4.69) is 36.4 Å². The van der Waals surface area contributed by atoms with E-state index in [0.717, 1.165) is 19.8 Å². The van der Waals surface area contributed by atoms with E-state index in [1.54, 1.807) is 11.8 Å². The monoisotopic (exact) mass is 418 g/mol. The molecule has 0 bridgehead atoms. The molecule has 0 atom stereocenters. The molecule has 2 aromatic rings. The summed E-state index contributed by atoms with van der Waals surface area (Å²) in [7, 11) is 0. The standard InChI is InChI=1S/C24H28Cl2S/c25-23-19(17-9-3-1-4-10-17)13-7-15-21(23)27-22-16-8-14-20(24(22)26)18-11-5-2-6-12-18/h7-8,13-18H,1-6,9-12H2. The normalized spacial score (nSPS) is 19.3. The summed E-state index contributed by atoms with van der Waals surface area (Å²) >= 11 is 15.5. The zero-order valence-corrected chi connectivity index (χ0v) is 18.2. The van der Waals surface area contributed by atoms with Gasteiger partial charge in [0.25, 0.3) is 0 Å². The minimum atomic E-state index is 0.621. The lowest BCUT2D eigenvalue weighted by atomic mass is 9.84. The van der Waals surface area contributed by atoms with Gasteiger partial charge >= 0.3 is 0 Å². The molecule has 144 valence electrons. The maximum atomic E-state index is 6.87. The van der Waals surface area contributed by atoms with E-state index in [1.165, 1.54) is 75.3 Å². The molecule has 2 fully saturated rings. The fraction of sp³-hybridized carbons (Fsp3) is 0.500. The average molecular weight is 419 g/mol. The molecule has 0 amide bonds. The van der Waals surface area contributed by atoms with Gasteiger partial charge in [0.1, 0.15) is 0 Å². The zero-order valence-electron chi connectivity index (χ0n) is 15.9. The van der Waals surface area contributed by atoms with Crippen molar-refractivity contribution in [3.05, 3.63) is 57.6 Å². The summed E-state index contributed by atoms with van der Waals surface area (Å²) in [5.74, 6) is 1.24. The highest BCUT2D eigenvalue weighted by Crippen LogP contribution is 2.45. The molecule has 27 heavy (non-hydrogen) atoms. The quantitative estimate of drug-likeness (QED) is 0.476. The first-order valence-corrected chi connectivity index (χ1v) is 12.1. The van der Waals surface area contributed by atoms with Crippen LogP contribution in [-0.4, -0.2) is 0 Å². The molecular weight excluding hydrogens is 391 g/mol. The minimum absolute atomic E-state index is 0.621. The Bertz CT molecular complexity index is 708. The Balaban J connectivity index is 1.59. The summed E-state index contributed by atoms with van der Waals surface area (Å²) in [6.07, 6.45) is 13.1. The van der Waals surface area contributed by atoms with Crippen molar-refractivity contribution in [2.24, 2.45) is 0 Å². The van der Waals surface area contributed by atoms with Crippen LogP contribution in [0.5, 0.6) is 0 Å². The lowest BCUT2D eigenvalue weighted by molar-refractivity contribution is 0.443. The number of halogens is 2. The molecule has 0 N–H and O–H groups in total. The molecule has 3 heteroatoms. The Kier molecular flexibility index (Phi) is 6.74. The number of rotatable bonds is 4. The first-order chi connectivity index (χ1) is 13.2. The van der Waals surface area contributed by atoms with Crippen molar-refractivity contribution in [2.75, 3.05) is 0 Å². The average Bonchev–Trinajstić information content (AvgIpc) is 2.72. The van der Waals surface area contributed by atoms with E-state index < -0.39 is 0 Å². The first kappa shape index (κ1) is 19.7. The summed E-state index contributed by atoms with van der Waals surface area (Å²) in [4.78, 5) is 2.28. The molecular formula is C24H28Cl2S. The topological polar surface area (TPSA) is 0 Å². The van der Waals surface area contributed by atoms with Crippen LogP contribution in [0.15, 0.2) is 46.2 Å². The second kappa shape index (κ2) is 9.25. The van der Waals surface area contributed by atoms with Gasteiger partial charge in [-0.25, -0.2) is 0 Å². The van der Waals surface area contributed by atoms with Crippen molar-refractivity contribution in [3.63, 3.8) is 0 Å². The van der Waals surface area contributed by atoms with Gasteiger partial charge in [-0.1, -0.05) is 97.8 Å². The molecule has 0 spiro atoms. The summed E-state index contributed by atoms with van der Waals surface area (Å²) in [6, 6.07) is 13.1. The van der Waals surface area contributed by atoms with Gasteiger partial charge in [0.2, 0.25) is 0 Å². The third kappa shape index (κ3) is 4.52. The highest BCUT2D eigenvalue weighted by Gasteiger charge is 2.22. The van der Waals surface area contributed by atoms with Crippen LogP contribution < -0.4 is 0 Å². The molecule has 2 aliphatic rings. The Labute approximate surface area is 178 Å². The van der Waals surface area contributed by atoms with Gasteiger partial charge in [0, 0.05) is 9.79 Å². The van der Waals surface area contributed by atoms with Crippen LogP contribution in [0.4, 0.5) is 0 Å². The van der Waals surface area contributed by atoms with Crippen molar-refractivity contribution in [1.29, 1.82) is 0 Å². The SMILES string of the molecule is Clc1c(Sc2cccc(C3CCCCC3)c2Cl)cccc1C1CCCCC1. The van der Waals surface area contributed by atoms with E-state index >= 15 is 0 Å². The van der Waals surface area contributed by atoms with Crippen molar-refractivity contribution >= 4 is 35.0 Å². The predicted molar refractivity (Wildman–Crippen MR) is 119 cm³/mol. The Hall–Kier alpha value is -0.630. The zero-order chi connectivity index (χ0) is 18.6. The molecule has 0 aliphatic heterocycles. The van der Waals surface area contributed by atoms with Crippen molar-refractivity contribution in [1.82, 2.24) is 0 Å². The van der Waals surface area contributed by atoms with Crippen molar-refractivity contribution < 1.29 is 0 Å². The molecule has 4 rings (SSSR count). The van der Waals surface area contributed by atoms with E-state index in [1.807, 2.05) is 0 Å². The van der Waals surface area contributed by atoms with E-state index in [-0.39, 0.29) is 0 Å². The second-order valence-electron chi connectivity index (χ2n) is 8.09. The highest BCUT2D eigenvalue weighted by molar-refractivity contribution is 7.99. The molecule has 0 saturated heterocycles. The van der Waals surface area contributed by atoms with Gasteiger partial charge in [-0.05, 0) is 60.8 Å². The van der Waals surface area contributed by atoms with Crippen molar-refractivity contribution in [2.45, 2.75) is 85.8 Å². The minimum Gasteiger partial charge on any atom is -0.0869 e. The summed E-state index contributed by atoms with van der Waals surface area (Å²) < 4.78 is 0. The fourth-order valence-corrected chi connectivity index (χ4v) is 6.53. The van der Waals surface area contributed by atoms with Crippen LogP contribution in [0.2, 0.25) is 10.0 Å². The highest BCUT2D eigenvalue weighted by atomic mass is 35.5. The first-order valence-electron chi connectivity index (χ1n) is 10.5. The molecule has 0 nitrogen and oxygen atoms in total. The maximum Gasteiger partial charge on any atom is 0.0580 e. The van der Waals surface area contributed by atoms with Gasteiger partial charge in [-0.2, -0.15) is 0 Å². The molecule has 0 heterocycles. The number of hydrogen-bond acceptors (Lipinski definition) is 1. The molecule has 2 aromatic carbocycles. The molecule has 0 radical (unpaired) electrons. The second-order valence-corrected chi connectivity index (χ2v) is 9.93. The number of benzene rings is 2. The third-order valence-electron chi connectivity index (χ3n) is 6.30. The Morgan fingerprint density at radius 3 is 1.41 bits per heavy atom. The summed E-state index contributed by atoms with van der Waals surface area (Å²) in [5, 5.41) is 1.88. The molecule has 2 saturated carbocycles. The van der Waals surface area contributed by atoms with Crippen LogP contribution in [0.3, 0.4) is 0 Å². The van der Waals surface area contributed by atoms with E-state index in [9.17, 15) is 0 Å². The van der Waals surface area contributed by atoms with Crippen LogP contribution in [0.1, 0.15) is 87.2 Å². The Morgan fingerprint density at radius 2 is 1.00 bits per heavy atom. The van der Waals surface area contributed by atoms with Gasteiger partial charge in [-0.3, -0.25) is 0 Å². The van der Waals surface area contributed by atoms with Crippen molar-refractivity contribution in [3.8, 4) is 0 Å².